The molecule has 3 rings (SSSR count). The summed E-state index contributed by atoms with van der Waals surface area (Å²) in [6, 6.07) is 14.4. The zero-order chi connectivity index (χ0) is 20.8. The monoisotopic (exact) mass is 395 g/mol. The van der Waals surface area contributed by atoms with Gasteiger partial charge in [-0.05, 0) is 68.3 Å². The van der Waals surface area contributed by atoms with Crippen LogP contribution in [0.5, 0.6) is 5.75 Å². The number of piperazine rings is 1. The summed E-state index contributed by atoms with van der Waals surface area (Å²) >= 11 is 0. The summed E-state index contributed by atoms with van der Waals surface area (Å²) in [4.78, 5) is 17.4. The number of nitrogens with one attached hydrogen (secondary N) is 1. The number of aryl methyl sites for hydroxylation is 2. The molecule has 0 bridgehead atoms. The van der Waals surface area contributed by atoms with Crippen LogP contribution in [0.2, 0.25) is 0 Å². The van der Waals surface area contributed by atoms with E-state index in [1.165, 1.54) is 16.8 Å². The molecule has 2 aromatic rings. The number of hydrogen-bond acceptors (Lipinski definition) is 4. The van der Waals surface area contributed by atoms with Crippen LogP contribution in [0.4, 0.5) is 5.69 Å². The number of anilines is 1. The van der Waals surface area contributed by atoms with Gasteiger partial charge in [-0.2, -0.15) is 0 Å². The van der Waals surface area contributed by atoms with Crippen LogP contribution < -0.4 is 15.0 Å². The minimum atomic E-state index is -0.485. The number of hydrogen-bond donors (Lipinski definition) is 1. The number of rotatable bonds is 7. The molecule has 1 saturated heterocycles. The van der Waals surface area contributed by atoms with Crippen molar-refractivity contribution in [1.82, 2.24) is 10.2 Å². The molecule has 5 heteroatoms. The molecule has 0 aliphatic carbocycles. The standard InChI is InChI=1S/C24H33N3O2/c1-5-23(29-22-11-6-18(2)19(3)16-22)24(28)25-17-20-7-9-21(10-8-20)27-14-12-26(4)13-15-27/h6-11,16,23H,5,12-15,17H2,1-4H3,(H,25,28)/t23-/m0/s1. The van der Waals surface area contributed by atoms with Crippen LogP contribution in [-0.4, -0.2) is 50.1 Å². The largest absolute Gasteiger partial charge is 0.481 e. The van der Waals surface area contributed by atoms with Crippen molar-refractivity contribution in [2.75, 3.05) is 38.1 Å². The number of ether oxygens (including phenoxy) is 1. The summed E-state index contributed by atoms with van der Waals surface area (Å²) in [7, 11) is 2.16. The predicted molar refractivity (Wildman–Crippen MR) is 119 cm³/mol. The Hall–Kier alpha value is -2.53. The lowest BCUT2D eigenvalue weighted by Crippen LogP contribution is -2.44. The highest BCUT2D eigenvalue weighted by molar-refractivity contribution is 5.81. The maximum atomic E-state index is 12.6. The second-order valence-corrected chi connectivity index (χ2v) is 7.94. The number of benzene rings is 2. The van der Waals surface area contributed by atoms with E-state index in [1.807, 2.05) is 25.1 Å². The molecule has 29 heavy (non-hydrogen) atoms. The van der Waals surface area contributed by atoms with Crippen molar-refractivity contribution < 1.29 is 9.53 Å². The van der Waals surface area contributed by atoms with Crippen LogP contribution in [0.15, 0.2) is 42.5 Å². The average molecular weight is 396 g/mol. The molecule has 1 atom stereocenters. The number of likely N-dealkylation sites (N-methyl/N-ethyl adjacent to an activating group) is 1. The van der Waals surface area contributed by atoms with E-state index in [4.69, 9.17) is 4.74 Å². The quantitative estimate of drug-likeness (QED) is 0.779. The van der Waals surface area contributed by atoms with Crippen LogP contribution in [0.3, 0.4) is 0 Å². The van der Waals surface area contributed by atoms with Crippen molar-refractivity contribution in [2.45, 2.75) is 39.8 Å². The SMILES string of the molecule is CC[C@H](Oc1ccc(C)c(C)c1)C(=O)NCc1ccc(N2CCN(C)CC2)cc1. The van der Waals surface area contributed by atoms with Crippen molar-refractivity contribution >= 4 is 11.6 Å². The van der Waals surface area contributed by atoms with Crippen LogP contribution in [-0.2, 0) is 11.3 Å². The highest BCUT2D eigenvalue weighted by atomic mass is 16.5. The van der Waals surface area contributed by atoms with Gasteiger partial charge in [-0.3, -0.25) is 4.79 Å². The lowest BCUT2D eigenvalue weighted by atomic mass is 10.1. The lowest BCUT2D eigenvalue weighted by Gasteiger charge is -2.34. The third-order valence-corrected chi connectivity index (χ3v) is 5.69. The van der Waals surface area contributed by atoms with E-state index in [1.54, 1.807) is 0 Å². The lowest BCUT2D eigenvalue weighted by molar-refractivity contribution is -0.128. The summed E-state index contributed by atoms with van der Waals surface area (Å²) in [6.45, 7) is 10.9. The number of amides is 1. The number of carbonyl (C=O) groups is 1. The second-order valence-electron chi connectivity index (χ2n) is 7.94. The van der Waals surface area contributed by atoms with Gasteiger partial charge in [0.15, 0.2) is 6.10 Å². The minimum absolute atomic E-state index is 0.0751. The first-order valence-corrected chi connectivity index (χ1v) is 10.5. The van der Waals surface area contributed by atoms with E-state index in [0.29, 0.717) is 13.0 Å². The minimum Gasteiger partial charge on any atom is -0.481 e. The molecule has 5 nitrogen and oxygen atoms in total. The first kappa shape index (κ1) is 21.2. The zero-order valence-electron chi connectivity index (χ0n) is 18.1. The van der Waals surface area contributed by atoms with Crippen LogP contribution in [0.25, 0.3) is 0 Å². The van der Waals surface area contributed by atoms with Gasteiger partial charge in [-0.15, -0.1) is 0 Å². The molecule has 1 N–H and O–H groups in total. The van der Waals surface area contributed by atoms with Gasteiger partial charge < -0.3 is 19.9 Å². The number of carbonyl (C=O) groups excluding carboxylic acids is 1. The highest BCUT2D eigenvalue weighted by Gasteiger charge is 2.18. The molecule has 1 aliphatic rings. The van der Waals surface area contributed by atoms with Crippen LogP contribution in [0.1, 0.15) is 30.0 Å². The van der Waals surface area contributed by atoms with E-state index < -0.39 is 6.10 Å². The Morgan fingerprint density at radius 2 is 1.72 bits per heavy atom. The van der Waals surface area contributed by atoms with E-state index in [9.17, 15) is 4.79 Å². The summed E-state index contributed by atoms with van der Waals surface area (Å²) in [6.07, 6.45) is 0.142. The third-order valence-electron chi connectivity index (χ3n) is 5.69. The van der Waals surface area contributed by atoms with Gasteiger partial charge in [0.25, 0.3) is 5.91 Å². The topological polar surface area (TPSA) is 44.8 Å². The Morgan fingerprint density at radius 1 is 1.03 bits per heavy atom. The molecular formula is C24H33N3O2. The molecule has 0 unspecified atom stereocenters. The van der Waals surface area contributed by atoms with Crippen molar-refractivity contribution in [3.63, 3.8) is 0 Å². The molecule has 1 aliphatic heterocycles. The molecule has 0 saturated carbocycles. The molecule has 1 heterocycles. The molecule has 0 spiro atoms. The van der Waals surface area contributed by atoms with Crippen LogP contribution in [0, 0.1) is 13.8 Å². The Bertz CT molecular complexity index is 811. The number of nitrogens with zero attached hydrogens (tertiary/aromatic N) is 2. The Labute approximate surface area is 174 Å². The fraction of sp³-hybridized carbons (Fsp3) is 0.458. The Balaban J connectivity index is 1.52. The first-order chi connectivity index (χ1) is 14.0. The fourth-order valence-corrected chi connectivity index (χ4v) is 3.47. The van der Waals surface area contributed by atoms with Crippen molar-refractivity contribution in [1.29, 1.82) is 0 Å². The molecule has 1 fully saturated rings. The first-order valence-electron chi connectivity index (χ1n) is 10.5. The smallest absolute Gasteiger partial charge is 0.261 e. The van der Waals surface area contributed by atoms with Gasteiger partial charge in [0, 0.05) is 38.4 Å². The normalized spacial score (nSPS) is 15.8. The maximum absolute atomic E-state index is 12.6. The van der Waals surface area contributed by atoms with Crippen LogP contribution >= 0.6 is 0 Å². The zero-order valence-corrected chi connectivity index (χ0v) is 18.1. The summed E-state index contributed by atoms with van der Waals surface area (Å²) in [5.41, 5.74) is 4.73. The predicted octanol–water partition coefficient (Wildman–Crippen LogP) is 3.53. The molecular weight excluding hydrogens is 362 g/mol. The van der Waals surface area contributed by atoms with Gasteiger partial charge in [0.2, 0.25) is 0 Å². The van der Waals surface area contributed by atoms with Gasteiger partial charge in [0.1, 0.15) is 5.75 Å². The average Bonchev–Trinajstić information content (AvgIpc) is 2.73. The van der Waals surface area contributed by atoms with Crippen molar-refractivity contribution in [3.8, 4) is 5.75 Å². The van der Waals surface area contributed by atoms with E-state index in [-0.39, 0.29) is 5.91 Å². The molecule has 1 amide bonds. The molecule has 0 aromatic heterocycles. The summed E-state index contributed by atoms with van der Waals surface area (Å²) in [5.74, 6) is 0.667. The van der Waals surface area contributed by atoms with Gasteiger partial charge in [0.05, 0.1) is 0 Å². The maximum Gasteiger partial charge on any atom is 0.261 e. The molecule has 156 valence electrons. The molecule has 2 aromatic carbocycles. The second kappa shape index (κ2) is 9.79. The Kier molecular flexibility index (Phi) is 7.15. The van der Waals surface area contributed by atoms with Gasteiger partial charge in [-0.1, -0.05) is 25.1 Å². The highest BCUT2D eigenvalue weighted by Crippen LogP contribution is 2.19. The van der Waals surface area contributed by atoms with Gasteiger partial charge in [-0.25, -0.2) is 0 Å². The summed E-state index contributed by atoms with van der Waals surface area (Å²) in [5, 5.41) is 3.02. The van der Waals surface area contributed by atoms with Crippen molar-refractivity contribution in [2.24, 2.45) is 0 Å². The van der Waals surface area contributed by atoms with Crippen molar-refractivity contribution in [3.05, 3.63) is 59.2 Å². The van der Waals surface area contributed by atoms with E-state index in [0.717, 1.165) is 37.5 Å². The van der Waals surface area contributed by atoms with Gasteiger partial charge >= 0.3 is 0 Å². The van der Waals surface area contributed by atoms with E-state index >= 15 is 0 Å². The Morgan fingerprint density at radius 3 is 2.34 bits per heavy atom. The third kappa shape index (κ3) is 5.73. The molecule has 0 radical (unpaired) electrons. The fourth-order valence-electron chi connectivity index (χ4n) is 3.47. The van der Waals surface area contributed by atoms with E-state index in [2.05, 4.69) is 60.3 Å². The summed E-state index contributed by atoms with van der Waals surface area (Å²) < 4.78 is 5.93.